The van der Waals surface area contributed by atoms with Crippen LogP contribution in [0, 0.1) is 0 Å². The topological polar surface area (TPSA) is 91.8 Å². The molecule has 0 aliphatic carbocycles. The fourth-order valence-corrected chi connectivity index (χ4v) is 3.75. The van der Waals surface area contributed by atoms with Gasteiger partial charge in [0.2, 0.25) is 10.0 Å². The first-order chi connectivity index (χ1) is 11.9. The Morgan fingerprint density at radius 3 is 2.48 bits per heavy atom. The Morgan fingerprint density at radius 1 is 1.20 bits per heavy atom. The molecule has 1 aromatic rings. The van der Waals surface area contributed by atoms with E-state index < -0.39 is 10.0 Å². The van der Waals surface area contributed by atoms with Crippen molar-refractivity contribution in [1.29, 1.82) is 0 Å². The van der Waals surface area contributed by atoms with Crippen LogP contribution >= 0.6 is 0 Å². The molecule has 0 aromatic heterocycles. The highest BCUT2D eigenvalue weighted by atomic mass is 32.2. The quantitative estimate of drug-likeness (QED) is 0.327. The number of sulfonamides is 1. The number of hydrogen-bond donors (Lipinski definition) is 3. The Labute approximate surface area is 151 Å². The van der Waals surface area contributed by atoms with Gasteiger partial charge in [-0.1, -0.05) is 24.3 Å². The fraction of sp³-hybridized carbons (Fsp3) is 0.588. The van der Waals surface area contributed by atoms with E-state index in [2.05, 4.69) is 20.3 Å². The highest BCUT2D eigenvalue weighted by molar-refractivity contribution is 7.88. The van der Waals surface area contributed by atoms with E-state index in [9.17, 15) is 8.42 Å². The first-order valence-corrected chi connectivity index (χ1v) is 10.1. The average Bonchev–Trinajstić information content (AvgIpc) is 2.54. The third kappa shape index (κ3) is 8.85. The summed E-state index contributed by atoms with van der Waals surface area (Å²) in [7, 11) is -1.67. The normalized spacial score (nSPS) is 12.4. The van der Waals surface area contributed by atoms with Gasteiger partial charge in [0, 0.05) is 32.8 Å². The summed E-state index contributed by atoms with van der Waals surface area (Å²) in [6.07, 6.45) is 0. The van der Waals surface area contributed by atoms with E-state index in [-0.39, 0.29) is 11.8 Å². The molecule has 0 radical (unpaired) electrons. The van der Waals surface area contributed by atoms with Gasteiger partial charge >= 0.3 is 0 Å². The minimum Gasteiger partial charge on any atom is -0.380 e. The lowest BCUT2D eigenvalue weighted by Gasteiger charge is -2.15. The molecule has 0 heterocycles. The number of ether oxygens (including phenoxy) is 1. The molecule has 0 amide bonds. The SMILES string of the molecule is CCOCCNC(=NC)NCc1ccccc1CS(=O)(=O)NC(C)C. The lowest BCUT2D eigenvalue weighted by Crippen LogP contribution is -2.38. The molecule has 142 valence electrons. The minimum absolute atomic E-state index is 0.0423. The molecule has 0 spiro atoms. The zero-order valence-electron chi connectivity index (χ0n) is 15.5. The van der Waals surface area contributed by atoms with Crippen molar-refractivity contribution in [3.63, 3.8) is 0 Å². The summed E-state index contributed by atoms with van der Waals surface area (Å²) in [4.78, 5) is 4.15. The van der Waals surface area contributed by atoms with Crippen molar-refractivity contribution in [3.05, 3.63) is 35.4 Å². The number of aliphatic imine (C=N–C) groups is 1. The minimum atomic E-state index is -3.36. The molecule has 0 atom stereocenters. The molecule has 25 heavy (non-hydrogen) atoms. The van der Waals surface area contributed by atoms with Crippen LogP contribution in [-0.2, 0) is 27.1 Å². The monoisotopic (exact) mass is 370 g/mol. The van der Waals surface area contributed by atoms with Crippen molar-refractivity contribution < 1.29 is 13.2 Å². The fourth-order valence-electron chi connectivity index (χ4n) is 2.26. The third-order valence-electron chi connectivity index (χ3n) is 3.29. The van der Waals surface area contributed by atoms with Crippen LogP contribution in [-0.4, -0.2) is 47.2 Å². The van der Waals surface area contributed by atoms with Crippen molar-refractivity contribution in [2.45, 2.75) is 39.1 Å². The summed E-state index contributed by atoms with van der Waals surface area (Å²) in [5.74, 6) is 0.608. The second-order valence-electron chi connectivity index (χ2n) is 5.85. The van der Waals surface area contributed by atoms with Gasteiger partial charge in [-0.2, -0.15) is 0 Å². The number of benzene rings is 1. The van der Waals surface area contributed by atoms with Crippen LogP contribution in [0.25, 0.3) is 0 Å². The zero-order chi connectivity index (χ0) is 18.7. The van der Waals surface area contributed by atoms with E-state index in [4.69, 9.17) is 4.74 Å². The maximum atomic E-state index is 12.2. The Bertz CT molecular complexity index is 645. The van der Waals surface area contributed by atoms with E-state index in [0.29, 0.717) is 32.3 Å². The van der Waals surface area contributed by atoms with Gasteiger partial charge in [0.1, 0.15) is 0 Å². The summed E-state index contributed by atoms with van der Waals surface area (Å²) in [5, 5.41) is 6.35. The number of rotatable bonds is 10. The summed E-state index contributed by atoms with van der Waals surface area (Å²) >= 11 is 0. The first-order valence-electron chi connectivity index (χ1n) is 8.47. The summed E-state index contributed by atoms with van der Waals surface area (Å²) in [6.45, 7) is 7.99. The largest absolute Gasteiger partial charge is 0.380 e. The van der Waals surface area contributed by atoms with Crippen LogP contribution in [0.1, 0.15) is 31.9 Å². The van der Waals surface area contributed by atoms with E-state index in [1.54, 1.807) is 7.05 Å². The third-order valence-corrected chi connectivity index (χ3v) is 4.81. The van der Waals surface area contributed by atoms with Gasteiger partial charge in [-0.15, -0.1) is 0 Å². The second-order valence-corrected chi connectivity index (χ2v) is 7.60. The number of guanidine groups is 1. The van der Waals surface area contributed by atoms with E-state index in [1.165, 1.54) is 0 Å². The molecular weight excluding hydrogens is 340 g/mol. The van der Waals surface area contributed by atoms with Gasteiger partial charge in [-0.25, -0.2) is 13.1 Å². The Hall–Kier alpha value is -1.64. The second kappa shape index (κ2) is 11.1. The molecule has 0 saturated carbocycles. The van der Waals surface area contributed by atoms with Crippen LogP contribution in [0.3, 0.4) is 0 Å². The molecule has 7 nitrogen and oxygen atoms in total. The van der Waals surface area contributed by atoms with Crippen molar-refractivity contribution in [3.8, 4) is 0 Å². The number of nitrogens with one attached hydrogen (secondary N) is 3. The van der Waals surface area contributed by atoms with Crippen molar-refractivity contribution in [2.24, 2.45) is 4.99 Å². The van der Waals surface area contributed by atoms with Gasteiger partial charge in [0.05, 0.1) is 12.4 Å². The molecular formula is C17H30N4O3S. The van der Waals surface area contributed by atoms with E-state index >= 15 is 0 Å². The predicted molar refractivity (Wildman–Crippen MR) is 102 cm³/mol. The molecule has 3 N–H and O–H groups in total. The average molecular weight is 371 g/mol. The number of hydrogen-bond acceptors (Lipinski definition) is 4. The van der Waals surface area contributed by atoms with Crippen LogP contribution in [0.2, 0.25) is 0 Å². The summed E-state index contributed by atoms with van der Waals surface area (Å²) < 4.78 is 32.2. The molecule has 1 rings (SSSR count). The van der Waals surface area contributed by atoms with Crippen molar-refractivity contribution >= 4 is 16.0 Å². The Kier molecular flexibility index (Phi) is 9.48. The standard InChI is InChI=1S/C17H30N4O3S/c1-5-24-11-10-19-17(18-4)20-12-15-8-6-7-9-16(15)13-25(22,23)21-14(2)3/h6-9,14,21H,5,10-13H2,1-4H3,(H2,18,19,20). The van der Waals surface area contributed by atoms with Crippen LogP contribution < -0.4 is 15.4 Å². The smallest absolute Gasteiger partial charge is 0.216 e. The highest BCUT2D eigenvalue weighted by Gasteiger charge is 2.15. The number of nitrogens with zero attached hydrogens (tertiary/aromatic N) is 1. The molecule has 0 unspecified atom stereocenters. The van der Waals surface area contributed by atoms with Gasteiger partial charge < -0.3 is 15.4 Å². The summed E-state index contributed by atoms with van der Waals surface area (Å²) in [6, 6.07) is 7.37. The van der Waals surface area contributed by atoms with E-state index in [1.807, 2.05) is 45.0 Å². The molecule has 0 bridgehead atoms. The molecule has 0 aliphatic rings. The molecule has 8 heteroatoms. The van der Waals surface area contributed by atoms with Crippen LogP contribution in [0.15, 0.2) is 29.3 Å². The maximum absolute atomic E-state index is 12.2. The molecule has 1 aromatic carbocycles. The predicted octanol–water partition coefficient (Wildman–Crippen LogP) is 1.22. The Morgan fingerprint density at radius 2 is 1.88 bits per heavy atom. The van der Waals surface area contributed by atoms with Gasteiger partial charge in [0.25, 0.3) is 0 Å². The van der Waals surface area contributed by atoms with Crippen LogP contribution in [0.5, 0.6) is 0 Å². The van der Waals surface area contributed by atoms with E-state index in [0.717, 1.165) is 11.1 Å². The van der Waals surface area contributed by atoms with Crippen molar-refractivity contribution in [2.75, 3.05) is 26.8 Å². The Balaban J connectivity index is 2.67. The van der Waals surface area contributed by atoms with Gasteiger partial charge in [0.15, 0.2) is 5.96 Å². The molecule has 0 aliphatic heterocycles. The first kappa shape index (κ1) is 21.4. The lowest BCUT2D eigenvalue weighted by atomic mass is 10.1. The van der Waals surface area contributed by atoms with Crippen molar-refractivity contribution in [1.82, 2.24) is 15.4 Å². The lowest BCUT2D eigenvalue weighted by molar-refractivity contribution is 0.152. The zero-order valence-corrected chi connectivity index (χ0v) is 16.3. The maximum Gasteiger partial charge on any atom is 0.216 e. The van der Waals surface area contributed by atoms with Gasteiger partial charge in [-0.3, -0.25) is 4.99 Å². The molecule has 0 fully saturated rings. The highest BCUT2D eigenvalue weighted by Crippen LogP contribution is 2.12. The van der Waals surface area contributed by atoms with Gasteiger partial charge in [-0.05, 0) is 31.9 Å². The summed E-state index contributed by atoms with van der Waals surface area (Å²) in [5.41, 5.74) is 1.69. The van der Waals surface area contributed by atoms with Crippen LogP contribution in [0.4, 0.5) is 0 Å². The molecule has 0 saturated heterocycles.